The molecule has 36 heavy (non-hydrogen) atoms. The lowest BCUT2D eigenvalue weighted by molar-refractivity contribution is -0.143. The number of carbonyl (C=O) groups excluding carboxylic acids is 1. The summed E-state index contributed by atoms with van der Waals surface area (Å²) in [5.41, 5.74) is 2.88. The highest BCUT2D eigenvalue weighted by molar-refractivity contribution is 5.90. The van der Waals surface area contributed by atoms with E-state index in [4.69, 9.17) is 4.74 Å². The van der Waals surface area contributed by atoms with Crippen molar-refractivity contribution in [2.75, 3.05) is 68.1 Å². The topological polar surface area (TPSA) is 103 Å². The van der Waals surface area contributed by atoms with Gasteiger partial charge in [-0.25, -0.2) is 9.78 Å². The molecule has 1 atom stereocenters. The SMILES string of the molecule is Cc1ccc(NC(=O)N2CCC(CC(F)(F)F)C2)cc1-c1cc(N2CCOCC2)nc(NCCO)n1. The number of morpholine rings is 1. The summed E-state index contributed by atoms with van der Waals surface area (Å²) in [4.78, 5) is 25.5. The van der Waals surface area contributed by atoms with E-state index in [9.17, 15) is 23.1 Å². The first kappa shape index (κ1) is 26.0. The van der Waals surface area contributed by atoms with Crippen LogP contribution in [0, 0.1) is 12.8 Å². The molecule has 3 heterocycles. The molecule has 0 radical (unpaired) electrons. The monoisotopic (exact) mass is 508 g/mol. The highest BCUT2D eigenvalue weighted by Gasteiger charge is 2.36. The van der Waals surface area contributed by atoms with Gasteiger partial charge in [-0.1, -0.05) is 6.07 Å². The van der Waals surface area contributed by atoms with Crippen molar-refractivity contribution in [3.8, 4) is 11.3 Å². The average molecular weight is 509 g/mol. The largest absolute Gasteiger partial charge is 0.395 e. The highest BCUT2D eigenvalue weighted by atomic mass is 19.4. The summed E-state index contributed by atoms with van der Waals surface area (Å²) < 4.78 is 43.6. The summed E-state index contributed by atoms with van der Waals surface area (Å²) in [6.45, 7) is 5.11. The van der Waals surface area contributed by atoms with Crippen LogP contribution in [0.3, 0.4) is 0 Å². The van der Waals surface area contributed by atoms with Crippen LogP contribution in [0.4, 0.5) is 35.4 Å². The first-order chi connectivity index (χ1) is 17.2. The molecule has 1 unspecified atom stereocenters. The number of aliphatic hydroxyl groups excluding tert-OH is 1. The summed E-state index contributed by atoms with van der Waals surface area (Å²) in [5, 5.41) is 15.1. The minimum Gasteiger partial charge on any atom is -0.395 e. The minimum atomic E-state index is -4.23. The number of ether oxygens (including phenoxy) is 1. The van der Waals surface area contributed by atoms with Crippen LogP contribution in [-0.2, 0) is 4.74 Å². The predicted molar refractivity (Wildman–Crippen MR) is 130 cm³/mol. The minimum absolute atomic E-state index is 0.0681. The summed E-state index contributed by atoms with van der Waals surface area (Å²) in [6, 6.07) is 6.88. The number of halogens is 3. The number of aliphatic hydroxyl groups is 1. The molecule has 3 N–H and O–H groups in total. The normalized spacial score (nSPS) is 18.4. The van der Waals surface area contributed by atoms with Gasteiger partial charge in [0.2, 0.25) is 5.95 Å². The molecule has 2 amide bonds. The van der Waals surface area contributed by atoms with Crippen LogP contribution >= 0.6 is 0 Å². The second kappa shape index (κ2) is 11.3. The Labute approximate surface area is 207 Å². The average Bonchev–Trinajstić information content (AvgIpc) is 3.31. The Morgan fingerprint density at radius 2 is 1.97 bits per heavy atom. The van der Waals surface area contributed by atoms with Gasteiger partial charge in [0, 0.05) is 56.5 Å². The molecule has 2 saturated heterocycles. The number of rotatable bonds is 7. The van der Waals surface area contributed by atoms with E-state index >= 15 is 0 Å². The zero-order chi connectivity index (χ0) is 25.7. The zero-order valence-corrected chi connectivity index (χ0v) is 20.1. The van der Waals surface area contributed by atoms with E-state index in [-0.39, 0.29) is 13.2 Å². The molecule has 0 saturated carbocycles. The van der Waals surface area contributed by atoms with Gasteiger partial charge >= 0.3 is 12.2 Å². The Bertz CT molecular complexity index is 1060. The van der Waals surface area contributed by atoms with Gasteiger partial charge in [0.1, 0.15) is 5.82 Å². The fourth-order valence-electron chi connectivity index (χ4n) is 4.46. The Balaban J connectivity index is 1.53. The van der Waals surface area contributed by atoms with Crippen molar-refractivity contribution in [1.82, 2.24) is 14.9 Å². The van der Waals surface area contributed by atoms with E-state index in [0.29, 0.717) is 63.1 Å². The van der Waals surface area contributed by atoms with Crippen LogP contribution in [0.5, 0.6) is 0 Å². The number of hydrogen-bond acceptors (Lipinski definition) is 7. The van der Waals surface area contributed by atoms with Crippen molar-refractivity contribution in [1.29, 1.82) is 0 Å². The Hall–Kier alpha value is -3.12. The number of benzene rings is 1. The molecule has 2 aliphatic rings. The first-order valence-electron chi connectivity index (χ1n) is 12.0. The van der Waals surface area contributed by atoms with Gasteiger partial charge in [-0.2, -0.15) is 18.2 Å². The van der Waals surface area contributed by atoms with Crippen molar-refractivity contribution in [3.05, 3.63) is 29.8 Å². The van der Waals surface area contributed by atoms with Gasteiger partial charge in [-0.15, -0.1) is 0 Å². The number of likely N-dealkylation sites (tertiary alicyclic amines) is 1. The fraction of sp³-hybridized carbons (Fsp3) is 0.542. The lowest BCUT2D eigenvalue weighted by Crippen LogP contribution is -2.37. The van der Waals surface area contributed by atoms with Crippen LogP contribution < -0.4 is 15.5 Å². The third kappa shape index (κ3) is 6.76. The number of anilines is 3. The van der Waals surface area contributed by atoms with Gasteiger partial charge in [0.25, 0.3) is 0 Å². The highest BCUT2D eigenvalue weighted by Crippen LogP contribution is 2.32. The second-order valence-electron chi connectivity index (χ2n) is 9.06. The zero-order valence-electron chi connectivity index (χ0n) is 20.1. The van der Waals surface area contributed by atoms with Crippen molar-refractivity contribution < 1.29 is 27.8 Å². The molecule has 2 aliphatic heterocycles. The van der Waals surface area contributed by atoms with Crippen molar-refractivity contribution in [2.24, 2.45) is 5.92 Å². The molecule has 196 valence electrons. The van der Waals surface area contributed by atoms with Gasteiger partial charge < -0.3 is 30.3 Å². The first-order valence-corrected chi connectivity index (χ1v) is 12.0. The molecule has 2 fully saturated rings. The van der Waals surface area contributed by atoms with Gasteiger partial charge in [-0.05, 0) is 37.0 Å². The molecule has 4 rings (SSSR count). The van der Waals surface area contributed by atoms with Crippen LogP contribution in [0.25, 0.3) is 11.3 Å². The number of alkyl halides is 3. The quantitative estimate of drug-likeness (QED) is 0.526. The number of aromatic nitrogens is 2. The third-order valence-electron chi connectivity index (χ3n) is 6.30. The summed E-state index contributed by atoms with van der Waals surface area (Å²) in [7, 11) is 0. The number of hydrogen-bond donors (Lipinski definition) is 3. The maximum absolute atomic E-state index is 12.7. The van der Waals surface area contributed by atoms with Crippen molar-refractivity contribution in [2.45, 2.75) is 25.9 Å². The lowest BCUT2D eigenvalue weighted by Gasteiger charge is -2.28. The lowest BCUT2D eigenvalue weighted by atomic mass is 10.0. The number of aryl methyl sites for hydroxylation is 1. The van der Waals surface area contributed by atoms with E-state index in [1.165, 1.54) is 4.90 Å². The molecule has 12 heteroatoms. The maximum Gasteiger partial charge on any atom is 0.389 e. The Kier molecular flexibility index (Phi) is 8.14. The number of nitrogens with zero attached hydrogens (tertiary/aromatic N) is 4. The molecule has 0 bridgehead atoms. The number of urea groups is 1. The van der Waals surface area contributed by atoms with E-state index in [2.05, 4.69) is 25.5 Å². The standard InChI is InChI=1S/C24H31F3N6O3/c1-16-2-3-18(29-23(35)33-6-4-17(15-33)14-24(25,26)27)12-19(16)20-13-21(32-7-10-36-11-8-32)31-22(30-20)28-5-9-34/h2-3,12-13,17,34H,4-11,14-15H2,1H3,(H,29,35)(H,28,30,31). The Morgan fingerprint density at radius 1 is 1.19 bits per heavy atom. The van der Waals surface area contributed by atoms with E-state index in [0.717, 1.165) is 16.9 Å². The summed E-state index contributed by atoms with van der Waals surface area (Å²) in [5.74, 6) is 0.531. The molecule has 0 aliphatic carbocycles. The van der Waals surface area contributed by atoms with Crippen LogP contribution in [0.15, 0.2) is 24.3 Å². The molecule has 0 spiro atoms. The summed E-state index contributed by atoms with van der Waals surface area (Å²) >= 11 is 0. The second-order valence-corrected chi connectivity index (χ2v) is 9.06. The molecular weight excluding hydrogens is 477 g/mol. The van der Waals surface area contributed by atoms with Crippen LogP contribution in [0.2, 0.25) is 0 Å². The van der Waals surface area contributed by atoms with Gasteiger partial charge in [-0.3, -0.25) is 0 Å². The van der Waals surface area contributed by atoms with E-state index < -0.39 is 24.5 Å². The fourth-order valence-corrected chi connectivity index (χ4v) is 4.46. The smallest absolute Gasteiger partial charge is 0.389 e. The third-order valence-corrected chi connectivity index (χ3v) is 6.30. The maximum atomic E-state index is 12.7. The number of amides is 2. The van der Waals surface area contributed by atoms with Gasteiger partial charge in [0.05, 0.1) is 25.5 Å². The number of nitrogens with one attached hydrogen (secondary N) is 2. The van der Waals surface area contributed by atoms with Crippen molar-refractivity contribution >= 4 is 23.5 Å². The van der Waals surface area contributed by atoms with E-state index in [1.807, 2.05) is 19.1 Å². The predicted octanol–water partition coefficient (Wildman–Crippen LogP) is 3.50. The summed E-state index contributed by atoms with van der Waals surface area (Å²) in [6.07, 6.45) is -4.77. The van der Waals surface area contributed by atoms with Gasteiger partial charge in [0.15, 0.2) is 0 Å². The molecule has 1 aromatic heterocycles. The molecule has 2 aromatic rings. The Morgan fingerprint density at radius 3 is 2.69 bits per heavy atom. The van der Waals surface area contributed by atoms with E-state index in [1.54, 1.807) is 12.1 Å². The number of carbonyl (C=O) groups is 1. The van der Waals surface area contributed by atoms with Crippen LogP contribution in [0.1, 0.15) is 18.4 Å². The molecule has 9 nitrogen and oxygen atoms in total. The molecule has 1 aromatic carbocycles. The van der Waals surface area contributed by atoms with Crippen LogP contribution in [-0.4, -0.2) is 84.7 Å². The van der Waals surface area contributed by atoms with Crippen molar-refractivity contribution in [3.63, 3.8) is 0 Å². The molecular formula is C24H31F3N6O3.